The van der Waals surface area contributed by atoms with Gasteiger partial charge in [0.05, 0.1) is 6.10 Å². The van der Waals surface area contributed by atoms with Gasteiger partial charge in [0, 0.05) is 13.0 Å². The van der Waals surface area contributed by atoms with E-state index in [0.717, 1.165) is 38.8 Å². The van der Waals surface area contributed by atoms with E-state index in [0.29, 0.717) is 12.3 Å². The summed E-state index contributed by atoms with van der Waals surface area (Å²) in [6.45, 7) is 3.66. The molecule has 0 amide bonds. The first-order valence-electron chi connectivity index (χ1n) is 8.76. The van der Waals surface area contributed by atoms with E-state index in [2.05, 4.69) is 12.2 Å². The van der Waals surface area contributed by atoms with Crippen molar-refractivity contribution in [2.45, 2.75) is 82.8 Å². The zero-order valence-electron chi connectivity index (χ0n) is 13.4. The normalized spacial score (nSPS) is 31.2. The highest BCUT2D eigenvalue weighted by atomic mass is 16.5. The molecule has 0 aromatic heterocycles. The minimum Gasteiger partial charge on any atom is -0.480 e. The predicted octanol–water partition coefficient (Wildman–Crippen LogP) is 3.35. The van der Waals surface area contributed by atoms with Crippen LogP contribution in [0.3, 0.4) is 0 Å². The van der Waals surface area contributed by atoms with Gasteiger partial charge in [-0.05, 0) is 51.0 Å². The van der Waals surface area contributed by atoms with Crippen LogP contribution in [0.4, 0.5) is 0 Å². The quantitative estimate of drug-likeness (QED) is 0.756. The number of rotatable bonds is 7. The third kappa shape index (κ3) is 4.68. The summed E-state index contributed by atoms with van der Waals surface area (Å²) in [5, 5.41) is 12.9. The summed E-state index contributed by atoms with van der Waals surface area (Å²) in [6, 6.07) is 0. The van der Waals surface area contributed by atoms with Crippen molar-refractivity contribution in [1.82, 2.24) is 5.32 Å². The van der Waals surface area contributed by atoms with Crippen LogP contribution >= 0.6 is 0 Å². The molecule has 2 aliphatic carbocycles. The molecule has 0 aromatic carbocycles. The molecule has 2 unspecified atom stereocenters. The molecule has 2 atom stereocenters. The third-order valence-corrected chi connectivity index (χ3v) is 5.12. The topological polar surface area (TPSA) is 58.6 Å². The second-order valence-electron chi connectivity index (χ2n) is 6.87. The molecule has 0 saturated heterocycles. The van der Waals surface area contributed by atoms with E-state index in [1.54, 1.807) is 0 Å². The van der Waals surface area contributed by atoms with E-state index in [9.17, 15) is 9.90 Å². The molecule has 4 heteroatoms. The SMILES string of the molecule is CCCNC1(C(=O)O)CCCC(OCC2CCCCC2)C1. The first-order chi connectivity index (χ1) is 10.2. The lowest BCUT2D eigenvalue weighted by Gasteiger charge is -2.38. The number of carbonyl (C=O) groups is 1. The van der Waals surface area contributed by atoms with Crippen molar-refractivity contribution in [3.05, 3.63) is 0 Å². The van der Waals surface area contributed by atoms with Crippen molar-refractivity contribution in [1.29, 1.82) is 0 Å². The number of hydrogen-bond donors (Lipinski definition) is 2. The van der Waals surface area contributed by atoms with Crippen LogP contribution in [-0.2, 0) is 9.53 Å². The van der Waals surface area contributed by atoms with E-state index in [1.165, 1.54) is 32.1 Å². The average molecular weight is 297 g/mol. The summed E-state index contributed by atoms with van der Waals surface area (Å²) in [6.07, 6.45) is 11.0. The third-order valence-electron chi connectivity index (χ3n) is 5.12. The largest absolute Gasteiger partial charge is 0.480 e. The highest BCUT2D eigenvalue weighted by molar-refractivity contribution is 5.79. The monoisotopic (exact) mass is 297 g/mol. The smallest absolute Gasteiger partial charge is 0.323 e. The fourth-order valence-electron chi connectivity index (χ4n) is 3.79. The van der Waals surface area contributed by atoms with E-state index < -0.39 is 11.5 Å². The Morgan fingerprint density at radius 2 is 2.00 bits per heavy atom. The van der Waals surface area contributed by atoms with Crippen molar-refractivity contribution in [3.63, 3.8) is 0 Å². The maximum Gasteiger partial charge on any atom is 0.323 e. The standard InChI is InChI=1S/C17H31NO3/c1-2-11-18-17(16(19)20)10-6-9-15(12-17)21-13-14-7-4-3-5-8-14/h14-15,18H,2-13H2,1H3,(H,19,20). The Morgan fingerprint density at radius 3 is 2.67 bits per heavy atom. The summed E-state index contributed by atoms with van der Waals surface area (Å²) in [7, 11) is 0. The van der Waals surface area contributed by atoms with Crippen LogP contribution in [0.2, 0.25) is 0 Å². The molecule has 0 aromatic rings. The van der Waals surface area contributed by atoms with E-state index in [-0.39, 0.29) is 6.10 Å². The van der Waals surface area contributed by atoms with E-state index >= 15 is 0 Å². The van der Waals surface area contributed by atoms with Gasteiger partial charge in [-0.15, -0.1) is 0 Å². The molecule has 2 rings (SSSR count). The van der Waals surface area contributed by atoms with Gasteiger partial charge in [-0.3, -0.25) is 4.79 Å². The maximum absolute atomic E-state index is 11.7. The molecule has 0 heterocycles. The number of carboxylic acid groups (broad SMARTS) is 1. The second-order valence-corrected chi connectivity index (χ2v) is 6.87. The fraction of sp³-hybridized carbons (Fsp3) is 0.941. The van der Waals surface area contributed by atoms with Gasteiger partial charge in [-0.2, -0.15) is 0 Å². The molecule has 0 radical (unpaired) electrons. The van der Waals surface area contributed by atoms with Gasteiger partial charge in [-0.25, -0.2) is 0 Å². The van der Waals surface area contributed by atoms with Gasteiger partial charge >= 0.3 is 5.97 Å². The molecular formula is C17H31NO3. The van der Waals surface area contributed by atoms with Crippen molar-refractivity contribution >= 4 is 5.97 Å². The highest BCUT2D eigenvalue weighted by Gasteiger charge is 2.42. The summed E-state index contributed by atoms with van der Waals surface area (Å²) in [5.41, 5.74) is -0.758. The van der Waals surface area contributed by atoms with Crippen molar-refractivity contribution in [3.8, 4) is 0 Å². The molecule has 4 nitrogen and oxygen atoms in total. The van der Waals surface area contributed by atoms with E-state index in [4.69, 9.17) is 4.74 Å². The summed E-state index contributed by atoms with van der Waals surface area (Å²) in [4.78, 5) is 11.7. The fourth-order valence-corrected chi connectivity index (χ4v) is 3.79. The highest BCUT2D eigenvalue weighted by Crippen LogP contribution is 2.32. The van der Waals surface area contributed by atoms with Crippen LogP contribution in [-0.4, -0.2) is 35.9 Å². The van der Waals surface area contributed by atoms with Crippen LogP contribution in [0.15, 0.2) is 0 Å². The molecule has 2 N–H and O–H groups in total. The summed E-state index contributed by atoms with van der Waals surface area (Å²) >= 11 is 0. The Labute approximate surface area is 128 Å². The first kappa shape index (κ1) is 16.8. The molecule has 0 bridgehead atoms. The average Bonchev–Trinajstić information content (AvgIpc) is 2.52. The number of carboxylic acids is 1. The summed E-state index contributed by atoms with van der Waals surface area (Å²) in [5.74, 6) is -0.00887. The second kappa shape index (κ2) is 8.14. The lowest BCUT2D eigenvalue weighted by atomic mass is 9.79. The molecule has 122 valence electrons. The zero-order valence-corrected chi connectivity index (χ0v) is 13.4. The Balaban J connectivity index is 1.84. The zero-order chi connectivity index (χ0) is 15.1. The Morgan fingerprint density at radius 1 is 1.24 bits per heavy atom. The van der Waals surface area contributed by atoms with Crippen LogP contribution in [0.25, 0.3) is 0 Å². The van der Waals surface area contributed by atoms with Crippen LogP contribution in [0.1, 0.15) is 71.1 Å². The minimum absolute atomic E-state index is 0.112. The molecule has 2 saturated carbocycles. The van der Waals surface area contributed by atoms with Gasteiger partial charge in [0.25, 0.3) is 0 Å². The van der Waals surface area contributed by atoms with Crippen molar-refractivity contribution < 1.29 is 14.6 Å². The molecule has 2 aliphatic rings. The Bertz CT molecular complexity index is 328. The van der Waals surface area contributed by atoms with Gasteiger partial charge in [0.15, 0.2) is 0 Å². The van der Waals surface area contributed by atoms with Crippen molar-refractivity contribution in [2.75, 3.05) is 13.2 Å². The van der Waals surface area contributed by atoms with Crippen LogP contribution in [0.5, 0.6) is 0 Å². The maximum atomic E-state index is 11.7. The number of hydrogen-bond acceptors (Lipinski definition) is 3. The minimum atomic E-state index is -0.758. The first-order valence-corrected chi connectivity index (χ1v) is 8.76. The van der Waals surface area contributed by atoms with Crippen LogP contribution < -0.4 is 5.32 Å². The Kier molecular flexibility index (Phi) is 6.49. The lowest BCUT2D eigenvalue weighted by molar-refractivity contribution is -0.149. The Hall–Kier alpha value is -0.610. The lowest BCUT2D eigenvalue weighted by Crippen LogP contribution is -2.56. The van der Waals surface area contributed by atoms with Gasteiger partial charge in [0.1, 0.15) is 5.54 Å². The van der Waals surface area contributed by atoms with Gasteiger partial charge < -0.3 is 15.2 Å². The molecular weight excluding hydrogens is 266 g/mol. The molecule has 0 aliphatic heterocycles. The van der Waals surface area contributed by atoms with Gasteiger partial charge in [0.2, 0.25) is 0 Å². The number of aliphatic carboxylic acids is 1. The number of nitrogens with one attached hydrogen (secondary N) is 1. The number of ether oxygens (including phenoxy) is 1. The predicted molar refractivity (Wildman–Crippen MR) is 83.4 cm³/mol. The van der Waals surface area contributed by atoms with Crippen LogP contribution in [0, 0.1) is 5.92 Å². The molecule has 2 fully saturated rings. The molecule has 21 heavy (non-hydrogen) atoms. The van der Waals surface area contributed by atoms with E-state index in [1.807, 2.05) is 0 Å². The van der Waals surface area contributed by atoms with Gasteiger partial charge in [-0.1, -0.05) is 26.2 Å². The summed E-state index contributed by atoms with van der Waals surface area (Å²) < 4.78 is 6.10. The molecule has 0 spiro atoms. The van der Waals surface area contributed by atoms with Crippen molar-refractivity contribution in [2.24, 2.45) is 5.92 Å².